The number of aromatic nitrogens is 2. The molecule has 0 radical (unpaired) electrons. The van der Waals surface area contributed by atoms with Gasteiger partial charge < -0.3 is 24.8 Å². The first-order valence-corrected chi connectivity index (χ1v) is 9.46. The number of ether oxygens (including phenoxy) is 3. The number of rotatable bonds is 4. The minimum atomic E-state index is -0.854. The zero-order valence-electron chi connectivity index (χ0n) is 16.9. The number of methoxy groups -OCH3 is 2. The zero-order chi connectivity index (χ0) is 21.4. The minimum Gasteiger partial charge on any atom is -0.494 e. The third-order valence-electron chi connectivity index (χ3n) is 5.09. The second kappa shape index (κ2) is 7.91. The lowest BCUT2D eigenvalue weighted by Gasteiger charge is -2.33. The minimum absolute atomic E-state index is 0.0103. The zero-order valence-corrected chi connectivity index (χ0v) is 16.9. The first kappa shape index (κ1) is 20.1. The summed E-state index contributed by atoms with van der Waals surface area (Å²) in [6.07, 6.45) is 1.56. The number of nitrogens with zero attached hydrogens (tertiary/aromatic N) is 3. The molecule has 4 rings (SSSR count). The number of fused-ring (bicyclic) bond motifs is 1. The molecule has 1 aromatic carbocycles. The van der Waals surface area contributed by atoms with Crippen molar-refractivity contribution >= 4 is 22.4 Å². The summed E-state index contributed by atoms with van der Waals surface area (Å²) in [4.78, 5) is 10.8. The third-order valence-corrected chi connectivity index (χ3v) is 5.09. The van der Waals surface area contributed by atoms with Crippen molar-refractivity contribution in [2.24, 2.45) is 0 Å². The summed E-state index contributed by atoms with van der Waals surface area (Å²) < 4.78 is 46.0. The Bertz CT molecular complexity index is 1080. The van der Waals surface area contributed by atoms with Crippen LogP contribution in [0.3, 0.4) is 0 Å². The molecule has 1 unspecified atom stereocenters. The van der Waals surface area contributed by atoms with Crippen molar-refractivity contribution < 1.29 is 23.0 Å². The molecular formula is C21H22F2N4O3. The Balaban J connectivity index is 1.98. The summed E-state index contributed by atoms with van der Waals surface area (Å²) >= 11 is 0. The van der Waals surface area contributed by atoms with E-state index in [4.69, 9.17) is 19.9 Å². The highest BCUT2D eigenvalue weighted by molar-refractivity contribution is 5.96. The Hall–Kier alpha value is -3.20. The van der Waals surface area contributed by atoms with Crippen LogP contribution in [0.25, 0.3) is 22.0 Å². The van der Waals surface area contributed by atoms with Gasteiger partial charge in [0.1, 0.15) is 11.6 Å². The molecule has 7 nitrogen and oxygen atoms in total. The van der Waals surface area contributed by atoms with Gasteiger partial charge in [0.15, 0.2) is 23.1 Å². The Labute approximate surface area is 172 Å². The second-order valence-electron chi connectivity index (χ2n) is 7.07. The maximum Gasteiger partial charge on any atom is 0.177 e. The van der Waals surface area contributed by atoms with E-state index in [0.29, 0.717) is 36.7 Å². The molecule has 3 aromatic rings. The Morgan fingerprint density at radius 1 is 1.13 bits per heavy atom. The summed E-state index contributed by atoms with van der Waals surface area (Å²) in [5.41, 5.74) is 5.67. The fourth-order valence-corrected chi connectivity index (χ4v) is 3.64. The maximum atomic E-state index is 15.1. The lowest BCUT2D eigenvalue weighted by molar-refractivity contribution is 0.0530. The maximum absolute atomic E-state index is 15.1. The van der Waals surface area contributed by atoms with Crippen molar-refractivity contribution in [3.8, 4) is 22.8 Å². The SMILES string of the molecule is COc1cc(OC)c(F)c(-c2cc3cnc(N)cc3c(N3CCOC(C)C3)n2)c1F. The van der Waals surface area contributed by atoms with Gasteiger partial charge in [-0.2, -0.15) is 0 Å². The van der Waals surface area contributed by atoms with E-state index < -0.39 is 11.6 Å². The van der Waals surface area contributed by atoms with Gasteiger partial charge >= 0.3 is 0 Å². The van der Waals surface area contributed by atoms with Gasteiger partial charge in [0.25, 0.3) is 0 Å². The van der Waals surface area contributed by atoms with E-state index in [2.05, 4.69) is 9.97 Å². The fraction of sp³-hybridized carbons (Fsp3) is 0.333. The van der Waals surface area contributed by atoms with E-state index in [1.165, 1.54) is 20.3 Å². The first-order chi connectivity index (χ1) is 14.4. The molecule has 0 aliphatic carbocycles. The van der Waals surface area contributed by atoms with Gasteiger partial charge in [-0.3, -0.25) is 0 Å². The predicted octanol–water partition coefficient (Wildman–Crippen LogP) is 3.40. The van der Waals surface area contributed by atoms with Gasteiger partial charge in [0.2, 0.25) is 0 Å². The third kappa shape index (κ3) is 3.45. The van der Waals surface area contributed by atoms with Crippen LogP contribution in [0.15, 0.2) is 24.4 Å². The van der Waals surface area contributed by atoms with E-state index in [-0.39, 0.29) is 28.9 Å². The smallest absolute Gasteiger partial charge is 0.177 e. The van der Waals surface area contributed by atoms with Crippen LogP contribution >= 0.6 is 0 Å². The second-order valence-corrected chi connectivity index (χ2v) is 7.07. The summed E-state index contributed by atoms with van der Waals surface area (Å²) in [7, 11) is 2.61. The molecule has 9 heteroatoms. The number of hydrogen-bond acceptors (Lipinski definition) is 7. The van der Waals surface area contributed by atoms with E-state index in [1.807, 2.05) is 11.8 Å². The topological polar surface area (TPSA) is 82.7 Å². The number of nitrogen functional groups attached to an aromatic ring is 1. The molecule has 0 saturated carbocycles. The van der Waals surface area contributed by atoms with Crippen molar-refractivity contribution in [1.29, 1.82) is 0 Å². The van der Waals surface area contributed by atoms with Gasteiger partial charge in [0.05, 0.1) is 38.2 Å². The Morgan fingerprint density at radius 3 is 2.47 bits per heavy atom. The van der Waals surface area contributed by atoms with Crippen LogP contribution in [0.5, 0.6) is 11.5 Å². The average Bonchev–Trinajstić information content (AvgIpc) is 2.73. The Kier molecular flexibility index (Phi) is 5.29. The molecule has 2 N–H and O–H groups in total. The molecule has 3 heterocycles. The van der Waals surface area contributed by atoms with Crippen molar-refractivity contribution in [1.82, 2.24) is 9.97 Å². The highest BCUT2D eigenvalue weighted by Gasteiger charge is 2.26. The number of hydrogen-bond donors (Lipinski definition) is 1. The molecule has 0 spiro atoms. The summed E-state index contributed by atoms with van der Waals surface area (Å²) in [6.45, 7) is 3.65. The van der Waals surface area contributed by atoms with Gasteiger partial charge in [-0.1, -0.05) is 0 Å². The monoisotopic (exact) mass is 416 g/mol. The molecule has 1 aliphatic rings. The molecule has 158 valence electrons. The number of nitrogens with two attached hydrogens (primary N) is 1. The molecule has 2 aromatic heterocycles. The molecule has 0 bridgehead atoms. The van der Waals surface area contributed by atoms with E-state index in [1.54, 1.807) is 18.3 Å². The first-order valence-electron chi connectivity index (χ1n) is 9.46. The quantitative estimate of drug-likeness (QED) is 0.698. The standard InChI is InChI=1S/C21H22F2N4O3/c1-11-10-27(4-5-30-11)21-13-7-17(24)25-9-12(13)6-14(26-21)18-19(22)15(28-2)8-16(29-3)20(18)23/h6-9,11H,4-5,10H2,1-3H3,(H2,24,25). The van der Waals surface area contributed by atoms with Crippen LogP contribution in [0, 0.1) is 11.6 Å². The number of morpholine rings is 1. The van der Waals surface area contributed by atoms with Gasteiger partial charge in [-0.25, -0.2) is 18.7 Å². The molecule has 0 amide bonds. The van der Waals surface area contributed by atoms with E-state index >= 15 is 8.78 Å². The number of pyridine rings is 2. The van der Waals surface area contributed by atoms with Crippen molar-refractivity contribution in [3.05, 3.63) is 36.0 Å². The molecule has 30 heavy (non-hydrogen) atoms. The molecular weight excluding hydrogens is 394 g/mol. The average molecular weight is 416 g/mol. The summed E-state index contributed by atoms with van der Waals surface area (Å²) in [5.74, 6) is -1.09. The van der Waals surface area contributed by atoms with Gasteiger partial charge in [-0.05, 0) is 19.1 Å². The van der Waals surface area contributed by atoms with Crippen molar-refractivity contribution in [3.63, 3.8) is 0 Å². The molecule has 1 atom stereocenters. The van der Waals surface area contributed by atoms with Crippen LogP contribution < -0.4 is 20.1 Å². The van der Waals surface area contributed by atoms with Crippen LogP contribution in [0.4, 0.5) is 20.4 Å². The lowest BCUT2D eigenvalue weighted by atomic mass is 10.0. The van der Waals surface area contributed by atoms with E-state index in [9.17, 15) is 0 Å². The van der Waals surface area contributed by atoms with Crippen LogP contribution in [-0.4, -0.2) is 50.0 Å². The summed E-state index contributed by atoms with van der Waals surface area (Å²) in [5, 5.41) is 1.40. The highest BCUT2D eigenvalue weighted by Crippen LogP contribution is 2.39. The van der Waals surface area contributed by atoms with E-state index in [0.717, 1.165) is 5.39 Å². The van der Waals surface area contributed by atoms with Crippen LogP contribution in [0.1, 0.15) is 6.92 Å². The summed E-state index contributed by atoms with van der Waals surface area (Å²) in [6, 6.07) is 4.46. The Morgan fingerprint density at radius 2 is 1.83 bits per heavy atom. The number of anilines is 2. The number of halogens is 2. The van der Waals surface area contributed by atoms with Crippen molar-refractivity contribution in [2.75, 3.05) is 44.5 Å². The van der Waals surface area contributed by atoms with Gasteiger partial charge in [0, 0.05) is 36.1 Å². The highest BCUT2D eigenvalue weighted by atomic mass is 19.1. The van der Waals surface area contributed by atoms with Crippen LogP contribution in [-0.2, 0) is 4.74 Å². The molecule has 1 saturated heterocycles. The fourth-order valence-electron chi connectivity index (χ4n) is 3.64. The van der Waals surface area contributed by atoms with Crippen LogP contribution in [0.2, 0.25) is 0 Å². The van der Waals surface area contributed by atoms with Gasteiger partial charge in [-0.15, -0.1) is 0 Å². The van der Waals surface area contributed by atoms with Crippen molar-refractivity contribution in [2.45, 2.75) is 13.0 Å². The lowest BCUT2D eigenvalue weighted by Crippen LogP contribution is -2.41. The molecule has 1 aliphatic heterocycles. The number of benzene rings is 1. The normalized spacial score (nSPS) is 16.7. The molecule has 1 fully saturated rings. The largest absolute Gasteiger partial charge is 0.494 e. The predicted molar refractivity (Wildman–Crippen MR) is 110 cm³/mol.